The summed E-state index contributed by atoms with van der Waals surface area (Å²) in [6.07, 6.45) is 3.26. The molecule has 0 saturated carbocycles. The summed E-state index contributed by atoms with van der Waals surface area (Å²) in [5, 5.41) is 4.73. The minimum atomic E-state index is -0.962. The summed E-state index contributed by atoms with van der Waals surface area (Å²) in [6.45, 7) is 6.57. The predicted molar refractivity (Wildman–Crippen MR) is 171 cm³/mol. The first-order valence-corrected chi connectivity index (χ1v) is 16.2. The number of benzene rings is 3. The van der Waals surface area contributed by atoms with Gasteiger partial charge in [0.1, 0.15) is 41.8 Å². The smallest absolute Gasteiger partial charge is 0.138 e. The number of aromatic nitrogens is 2. The lowest BCUT2D eigenvalue weighted by Crippen LogP contribution is -2.31. The number of fused-ring (bicyclic) bond motifs is 1. The molecule has 0 aliphatic carbocycles. The Morgan fingerprint density at radius 1 is 1.02 bits per heavy atom. The van der Waals surface area contributed by atoms with Gasteiger partial charge in [0.05, 0.1) is 16.6 Å². The Kier molecular flexibility index (Phi) is 10.1. The maximum absolute atomic E-state index is 13.5. The molecule has 0 bridgehead atoms. The van der Waals surface area contributed by atoms with Crippen LogP contribution < -0.4 is 10.1 Å². The van der Waals surface area contributed by atoms with Gasteiger partial charge >= 0.3 is 0 Å². The molecule has 3 aromatic carbocycles. The number of hydrogen-bond acceptors (Lipinski definition) is 7. The molecule has 2 aromatic heterocycles. The van der Waals surface area contributed by atoms with E-state index in [4.69, 9.17) is 20.8 Å². The van der Waals surface area contributed by atoms with Crippen LogP contribution in [0.15, 0.2) is 83.5 Å². The lowest BCUT2D eigenvalue weighted by molar-refractivity contribution is 0.212. The monoisotopic (exact) mass is 620 g/mol. The molecule has 43 heavy (non-hydrogen) atoms. The second-order valence-electron chi connectivity index (χ2n) is 10.2. The molecular weight excluding hydrogens is 587 g/mol. The molecule has 7 nitrogen and oxygen atoms in total. The summed E-state index contributed by atoms with van der Waals surface area (Å²) in [4.78, 5) is 11.2. The topological polar surface area (TPSA) is 80.5 Å². The van der Waals surface area contributed by atoms with Gasteiger partial charge in [-0.2, -0.15) is 0 Å². The van der Waals surface area contributed by atoms with Crippen molar-refractivity contribution in [1.29, 1.82) is 0 Å². The highest BCUT2D eigenvalue weighted by Gasteiger charge is 2.23. The maximum atomic E-state index is 13.5. The summed E-state index contributed by atoms with van der Waals surface area (Å²) in [5.74, 6) is 2.95. The highest BCUT2D eigenvalue weighted by atomic mass is 35.5. The summed E-state index contributed by atoms with van der Waals surface area (Å²) in [5.41, 5.74) is 3.37. The van der Waals surface area contributed by atoms with Crippen molar-refractivity contribution in [1.82, 2.24) is 14.9 Å². The van der Waals surface area contributed by atoms with Crippen LogP contribution in [0.4, 0.5) is 10.2 Å². The summed E-state index contributed by atoms with van der Waals surface area (Å²) in [7, 11) is -0.962. The highest BCUT2D eigenvalue weighted by molar-refractivity contribution is 7.84. The zero-order valence-corrected chi connectivity index (χ0v) is 25.9. The average molecular weight is 621 g/mol. The van der Waals surface area contributed by atoms with Gasteiger partial charge < -0.3 is 14.5 Å². The Morgan fingerprint density at radius 2 is 1.86 bits per heavy atom. The minimum absolute atomic E-state index is 0.0550. The highest BCUT2D eigenvalue weighted by Crippen LogP contribution is 2.32. The van der Waals surface area contributed by atoms with Gasteiger partial charge in [0, 0.05) is 40.3 Å². The third-order valence-corrected chi connectivity index (χ3v) is 8.34. The van der Waals surface area contributed by atoms with E-state index in [1.807, 2.05) is 48.5 Å². The van der Waals surface area contributed by atoms with Crippen molar-refractivity contribution in [2.75, 3.05) is 30.4 Å². The number of hydrogen-bond donors (Lipinski definition) is 1. The zero-order valence-electron chi connectivity index (χ0n) is 24.3. The van der Waals surface area contributed by atoms with E-state index in [9.17, 15) is 8.60 Å². The van der Waals surface area contributed by atoms with Gasteiger partial charge in [0.25, 0.3) is 0 Å². The maximum Gasteiger partial charge on any atom is 0.138 e. The molecule has 1 N–H and O–H groups in total. The Labute approximate surface area is 258 Å². The third kappa shape index (κ3) is 7.60. The fourth-order valence-electron chi connectivity index (χ4n) is 5.04. The largest absolute Gasteiger partial charge is 0.487 e. The summed E-state index contributed by atoms with van der Waals surface area (Å²) >= 11 is 6.50. The number of halogens is 2. The van der Waals surface area contributed by atoms with Gasteiger partial charge in [-0.25, -0.2) is 14.4 Å². The normalized spacial score (nSPS) is 12.9. The number of ether oxygens (including phenoxy) is 1. The molecule has 5 rings (SSSR count). The Bertz CT molecular complexity index is 1730. The van der Waals surface area contributed by atoms with E-state index < -0.39 is 10.8 Å². The van der Waals surface area contributed by atoms with Crippen LogP contribution in [-0.4, -0.2) is 44.2 Å². The van der Waals surface area contributed by atoms with Gasteiger partial charge in [0.15, 0.2) is 0 Å². The molecule has 0 radical (unpaired) electrons. The molecule has 10 heteroatoms. The number of nitrogens with one attached hydrogen (secondary N) is 1. The van der Waals surface area contributed by atoms with Crippen LogP contribution in [0.2, 0.25) is 5.02 Å². The molecule has 0 fully saturated rings. The van der Waals surface area contributed by atoms with E-state index in [1.54, 1.807) is 18.4 Å². The van der Waals surface area contributed by atoms with Crippen LogP contribution in [0.5, 0.6) is 5.75 Å². The Balaban J connectivity index is 1.31. The number of nitrogens with zero attached hydrogens (tertiary/aromatic N) is 3. The number of anilines is 1. The lowest BCUT2D eigenvalue weighted by atomic mass is 10.1. The van der Waals surface area contributed by atoms with Crippen molar-refractivity contribution in [2.45, 2.75) is 33.0 Å². The van der Waals surface area contributed by atoms with Crippen molar-refractivity contribution in [3.63, 3.8) is 0 Å². The SMILES string of the molecule is CCN(CC)C(CS(C)=O)c1ccc(-c2ccc3ncnc(NCc4ccc(OCc5cccc(F)c5)c(Cl)c4)c3c2)o1. The van der Waals surface area contributed by atoms with Crippen LogP contribution in [0.3, 0.4) is 0 Å². The van der Waals surface area contributed by atoms with Gasteiger partial charge in [-0.05, 0) is 78.8 Å². The van der Waals surface area contributed by atoms with Crippen molar-refractivity contribution in [2.24, 2.45) is 0 Å². The Morgan fingerprint density at radius 3 is 2.60 bits per heavy atom. The molecule has 0 aliphatic heterocycles. The molecule has 2 unspecified atom stereocenters. The first-order valence-electron chi connectivity index (χ1n) is 14.1. The van der Waals surface area contributed by atoms with Crippen molar-refractivity contribution < 1.29 is 17.8 Å². The minimum Gasteiger partial charge on any atom is -0.487 e. The van der Waals surface area contributed by atoms with E-state index in [1.165, 1.54) is 18.5 Å². The predicted octanol–water partition coefficient (Wildman–Crippen LogP) is 7.63. The van der Waals surface area contributed by atoms with Gasteiger partial charge in [-0.3, -0.25) is 9.11 Å². The molecule has 5 aromatic rings. The van der Waals surface area contributed by atoms with Gasteiger partial charge in [0.2, 0.25) is 0 Å². The lowest BCUT2D eigenvalue weighted by Gasteiger charge is -2.27. The van der Waals surface area contributed by atoms with Crippen molar-refractivity contribution in [3.05, 3.63) is 107 Å². The van der Waals surface area contributed by atoms with E-state index in [-0.39, 0.29) is 18.5 Å². The number of furan rings is 1. The quantitative estimate of drug-likeness (QED) is 0.145. The molecule has 2 heterocycles. The molecule has 0 saturated heterocycles. The van der Waals surface area contributed by atoms with E-state index in [0.717, 1.165) is 52.2 Å². The molecule has 224 valence electrons. The second-order valence-corrected chi connectivity index (χ2v) is 12.1. The van der Waals surface area contributed by atoms with Crippen LogP contribution in [0.1, 0.15) is 36.8 Å². The first-order chi connectivity index (χ1) is 20.8. The standard InChI is InChI=1S/C33H34ClFN4O3S/c1-4-39(5-2)29(20-43(3)40)32-14-13-30(42-32)24-10-11-28-26(17-24)33(38-21-37-28)36-18-22-9-12-31(27(34)16-22)41-19-23-7-6-8-25(35)15-23/h6-17,21,29H,4-5,18-20H2,1-3H3,(H,36,37,38). The van der Waals surface area contributed by atoms with E-state index in [2.05, 4.69) is 34.0 Å². The second kappa shape index (κ2) is 14.1. The van der Waals surface area contributed by atoms with Gasteiger partial charge in [-0.1, -0.05) is 43.6 Å². The molecular formula is C33H34ClFN4O3S. The van der Waals surface area contributed by atoms with Crippen LogP contribution >= 0.6 is 11.6 Å². The molecule has 0 spiro atoms. The van der Waals surface area contributed by atoms with E-state index >= 15 is 0 Å². The fraction of sp³-hybridized carbons (Fsp3) is 0.273. The number of rotatable bonds is 13. The Hall–Kier alpha value is -3.79. The van der Waals surface area contributed by atoms with Crippen LogP contribution in [-0.2, 0) is 24.0 Å². The van der Waals surface area contributed by atoms with Crippen LogP contribution in [0, 0.1) is 5.82 Å². The van der Waals surface area contributed by atoms with E-state index in [0.29, 0.717) is 28.9 Å². The fourth-order valence-corrected chi connectivity index (χ4v) is 6.11. The summed E-state index contributed by atoms with van der Waals surface area (Å²) in [6, 6.07) is 21.7. The molecule has 0 amide bonds. The molecule has 2 atom stereocenters. The van der Waals surface area contributed by atoms with Gasteiger partial charge in [-0.15, -0.1) is 0 Å². The third-order valence-electron chi connectivity index (χ3n) is 7.26. The first kappa shape index (κ1) is 30.7. The van der Waals surface area contributed by atoms with Crippen molar-refractivity contribution in [3.8, 4) is 17.1 Å². The summed E-state index contributed by atoms with van der Waals surface area (Å²) < 4.78 is 37.7. The molecule has 0 aliphatic rings. The average Bonchev–Trinajstić information content (AvgIpc) is 3.49. The zero-order chi connectivity index (χ0) is 30.3. The van der Waals surface area contributed by atoms with Crippen LogP contribution in [0.25, 0.3) is 22.2 Å². The van der Waals surface area contributed by atoms with Crippen molar-refractivity contribution >= 4 is 39.1 Å².